The van der Waals surface area contributed by atoms with E-state index in [-0.39, 0.29) is 6.04 Å². The third-order valence-electron chi connectivity index (χ3n) is 1.94. The first-order chi connectivity index (χ1) is 8.08. The molecule has 96 valence electrons. The zero-order valence-electron chi connectivity index (χ0n) is 10.8. The van der Waals surface area contributed by atoms with Crippen LogP contribution in [0.1, 0.15) is 26.6 Å². The highest BCUT2D eigenvalue weighted by atomic mass is 16.5. The number of nitrogens with two attached hydrogens (primary N) is 1. The van der Waals surface area contributed by atoms with Gasteiger partial charge in [0.1, 0.15) is 12.3 Å². The normalized spacial score (nSPS) is 10.6. The predicted molar refractivity (Wildman–Crippen MR) is 67.1 cm³/mol. The molecule has 0 unspecified atom stereocenters. The van der Waals surface area contributed by atoms with Gasteiger partial charge in [0.15, 0.2) is 11.6 Å². The van der Waals surface area contributed by atoms with E-state index in [0.29, 0.717) is 36.4 Å². The van der Waals surface area contributed by atoms with Gasteiger partial charge in [-0.2, -0.15) is 4.98 Å². The molecule has 1 aromatic rings. The van der Waals surface area contributed by atoms with Crippen molar-refractivity contribution in [1.29, 1.82) is 0 Å². The lowest BCUT2D eigenvalue weighted by Crippen LogP contribution is -2.16. The summed E-state index contributed by atoms with van der Waals surface area (Å²) < 4.78 is 10.4. The van der Waals surface area contributed by atoms with E-state index >= 15 is 0 Å². The Balaban J connectivity index is 3.07. The average Bonchev–Trinajstić information content (AvgIpc) is 2.24. The van der Waals surface area contributed by atoms with Crippen molar-refractivity contribution in [2.75, 3.05) is 24.8 Å². The van der Waals surface area contributed by atoms with Crippen molar-refractivity contribution in [2.45, 2.75) is 33.4 Å². The number of hydrogen-bond donors (Lipinski definition) is 2. The van der Waals surface area contributed by atoms with Gasteiger partial charge in [0.25, 0.3) is 0 Å². The molecule has 0 aliphatic carbocycles. The SMILES string of the molecule is CCOc1nc(COC)nc(NC(C)C)c1N. The maximum Gasteiger partial charge on any atom is 0.242 e. The van der Waals surface area contributed by atoms with E-state index < -0.39 is 0 Å². The number of nitrogens with one attached hydrogen (secondary N) is 1. The van der Waals surface area contributed by atoms with Gasteiger partial charge in [-0.25, -0.2) is 4.98 Å². The minimum atomic E-state index is 0.233. The molecule has 0 bridgehead atoms. The largest absolute Gasteiger partial charge is 0.476 e. The number of hydrogen-bond acceptors (Lipinski definition) is 6. The number of nitrogens with zero attached hydrogens (tertiary/aromatic N) is 2. The Morgan fingerprint density at radius 3 is 2.59 bits per heavy atom. The van der Waals surface area contributed by atoms with Crippen LogP contribution in [0.2, 0.25) is 0 Å². The van der Waals surface area contributed by atoms with Gasteiger partial charge in [-0.05, 0) is 20.8 Å². The highest BCUT2D eigenvalue weighted by molar-refractivity contribution is 5.67. The van der Waals surface area contributed by atoms with E-state index in [2.05, 4.69) is 15.3 Å². The lowest BCUT2D eigenvalue weighted by molar-refractivity contribution is 0.176. The molecule has 6 heteroatoms. The van der Waals surface area contributed by atoms with Gasteiger partial charge in [-0.1, -0.05) is 0 Å². The lowest BCUT2D eigenvalue weighted by Gasteiger charge is -2.15. The number of methoxy groups -OCH3 is 1. The molecule has 0 aliphatic rings. The van der Waals surface area contributed by atoms with Gasteiger partial charge in [-0.3, -0.25) is 0 Å². The van der Waals surface area contributed by atoms with Crippen molar-refractivity contribution in [1.82, 2.24) is 9.97 Å². The second-order valence-electron chi connectivity index (χ2n) is 3.87. The minimum absolute atomic E-state index is 0.233. The molecule has 3 N–H and O–H groups in total. The molecule has 17 heavy (non-hydrogen) atoms. The first-order valence-electron chi connectivity index (χ1n) is 5.63. The molecule has 0 aromatic carbocycles. The maximum absolute atomic E-state index is 5.93. The first kappa shape index (κ1) is 13.5. The van der Waals surface area contributed by atoms with Crippen LogP contribution < -0.4 is 15.8 Å². The van der Waals surface area contributed by atoms with Gasteiger partial charge in [0.05, 0.1) is 6.61 Å². The quantitative estimate of drug-likeness (QED) is 0.782. The summed E-state index contributed by atoms with van der Waals surface area (Å²) in [6, 6.07) is 0.233. The average molecular weight is 240 g/mol. The number of nitrogen functional groups attached to an aromatic ring is 1. The second-order valence-corrected chi connectivity index (χ2v) is 3.87. The van der Waals surface area contributed by atoms with Crippen molar-refractivity contribution >= 4 is 11.5 Å². The molecule has 0 atom stereocenters. The molecular formula is C11H20N4O2. The Kier molecular flexibility index (Phi) is 4.96. The summed E-state index contributed by atoms with van der Waals surface area (Å²) in [5.41, 5.74) is 6.36. The fraction of sp³-hybridized carbons (Fsp3) is 0.636. The van der Waals surface area contributed by atoms with E-state index in [1.807, 2.05) is 20.8 Å². The number of ether oxygens (including phenoxy) is 2. The molecule has 0 saturated carbocycles. The Labute approximate surface area is 102 Å². The molecular weight excluding hydrogens is 220 g/mol. The van der Waals surface area contributed by atoms with Crippen LogP contribution in [0.15, 0.2) is 0 Å². The molecule has 0 saturated heterocycles. The molecule has 0 spiro atoms. The summed E-state index contributed by atoms with van der Waals surface area (Å²) in [7, 11) is 1.59. The monoisotopic (exact) mass is 240 g/mol. The second kappa shape index (κ2) is 6.24. The zero-order valence-corrected chi connectivity index (χ0v) is 10.8. The van der Waals surface area contributed by atoms with Crippen LogP contribution in [-0.4, -0.2) is 29.7 Å². The molecule has 1 heterocycles. The molecule has 1 rings (SSSR count). The third kappa shape index (κ3) is 3.74. The maximum atomic E-state index is 5.93. The van der Waals surface area contributed by atoms with Crippen LogP contribution in [0.25, 0.3) is 0 Å². The fourth-order valence-electron chi connectivity index (χ4n) is 1.32. The van der Waals surface area contributed by atoms with E-state index in [4.69, 9.17) is 15.2 Å². The summed E-state index contributed by atoms with van der Waals surface area (Å²) in [5, 5.41) is 3.16. The van der Waals surface area contributed by atoms with Crippen molar-refractivity contribution < 1.29 is 9.47 Å². The van der Waals surface area contributed by atoms with Crippen molar-refractivity contribution in [3.05, 3.63) is 5.82 Å². The van der Waals surface area contributed by atoms with Crippen LogP contribution >= 0.6 is 0 Å². The molecule has 0 radical (unpaired) electrons. The van der Waals surface area contributed by atoms with Gasteiger partial charge in [0, 0.05) is 13.2 Å². The summed E-state index contributed by atoms with van der Waals surface area (Å²) in [6.07, 6.45) is 0. The van der Waals surface area contributed by atoms with Gasteiger partial charge < -0.3 is 20.5 Å². The number of anilines is 2. The summed E-state index contributed by atoms with van der Waals surface area (Å²) >= 11 is 0. The van der Waals surface area contributed by atoms with Crippen LogP contribution in [0.4, 0.5) is 11.5 Å². The van der Waals surface area contributed by atoms with E-state index in [1.54, 1.807) is 7.11 Å². The highest BCUT2D eigenvalue weighted by Crippen LogP contribution is 2.26. The third-order valence-corrected chi connectivity index (χ3v) is 1.94. The van der Waals surface area contributed by atoms with Crippen molar-refractivity contribution in [3.8, 4) is 5.88 Å². The van der Waals surface area contributed by atoms with Crippen LogP contribution in [-0.2, 0) is 11.3 Å². The van der Waals surface area contributed by atoms with E-state index in [9.17, 15) is 0 Å². The number of rotatable bonds is 6. The Hall–Kier alpha value is -1.56. The van der Waals surface area contributed by atoms with Crippen LogP contribution in [0, 0.1) is 0 Å². The topological polar surface area (TPSA) is 82.3 Å². The molecule has 6 nitrogen and oxygen atoms in total. The fourth-order valence-corrected chi connectivity index (χ4v) is 1.32. The van der Waals surface area contributed by atoms with E-state index in [0.717, 1.165) is 0 Å². The zero-order chi connectivity index (χ0) is 12.8. The molecule has 0 fully saturated rings. The number of aromatic nitrogens is 2. The Bertz CT molecular complexity index is 369. The van der Waals surface area contributed by atoms with Crippen LogP contribution in [0.5, 0.6) is 5.88 Å². The summed E-state index contributed by atoms with van der Waals surface area (Å²) in [5.74, 6) is 1.54. The van der Waals surface area contributed by atoms with E-state index in [1.165, 1.54) is 0 Å². The molecule has 1 aromatic heterocycles. The minimum Gasteiger partial charge on any atom is -0.476 e. The van der Waals surface area contributed by atoms with Crippen molar-refractivity contribution in [2.24, 2.45) is 0 Å². The van der Waals surface area contributed by atoms with Gasteiger partial charge in [-0.15, -0.1) is 0 Å². The summed E-state index contributed by atoms with van der Waals surface area (Å²) in [4.78, 5) is 8.49. The Morgan fingerprint density at radius 1 is 1.35 bits per heavy atom. The van der Waals surface area contributed by atoms with Crippen LogP contribution in [0.3, 0.4) is 0 Å². The Morgan fingerprint density at radius 2 is 2.06 bits per heavy atom. The predicted octanol–water partition coefficient (Wildman–Crippen LogP) is 1.42. The van der Waals surface area contributed by atoms with Gasteiger partial charge in [0.2, 0.25) is 5.88 Å². The molecule has 0 amide bonds. The lowest BCUT2D eigenvalue weighted by atomic mass is 10.3. The smallest absolute Gasteiger partial charge is 0.242 e. The molecule has 0 aliphatic heterocycles. The van der Waals surface area contributed by atoms with Crippen molar-refractivity contribution in [3.63, 3.8) is 0 Å². The highest BCUT2D eigenvalue weighted by Gasteiger charge is 2.13. The van der Waals surface area contributed by atoms with Gasteiger partial charge >= 0.3 is 0 Å². The summed E-state index contributed by atoms with van der Waals surface area (Å²) in [6.45, 7) is 6.74. The standard InChI is InChI=1S/C11H20N4O2/c1-5-17-11-9(12)10(13-7(2)3)14-8(15-11)6-16-4/h7H,5-6,12H2,1-4H3,(H,13,14,15). The first-order valence-corrected chi connectivity index (χ1v) is 5.63.